The van der Waals surface area contributed by atoms with E-state index in [9.17, 15) is 0 Å². The van der Waals surface area contributed by atoms with Gasteiger partial charge in [-0.25, -0.2) is 0 Å². The van der Waals surface area contributed by atoms with E-state index >= 15 is 0 Å². The van der Waals surface area contributed by atoms with Gasteiger partial charge in [-0.1, -0.05) is 26.7 Å². The molecule has 0 unspecified atom stereocenters. The topological polar surface area (TPSA) is 17.8 Å². The van der Waals surface area contributed by atoms with E-state index in [1.807, 2.05) is 17.1 Å². The maximum absolute atomic E-state index is 4.55. The molecular formula is C12H21BrN2S. The predicted octanol–water partition coefficient (Wildman–Crippen LogP) is 4.16. The average Bonchev–Trinajstić information content (AvgIpc) is 2.64. The summed E-state index contributed by atoms with van der Waals surface area (Å²) in [5, 5.41) is 4.35. The quantitative estimate of drug-likeness (QED) is 0.749. The Balaban J connectivity index is 2.75. The second kappa shape index (κ2) is 6.70. The highest BCUT2D eigenvalue weighted by molar-refractivity contribution is 9.10. The molecule has 1 aromatic rings. The van der Waals surface area contributed by atoms with Crippen molar-refractivity contribution >= 4 is 28.6 Å². The number of hydrogen-bond acceptors (Lipinski definition) is 2. The summed E-state index contributed by atoms with van der Waals surface area (Å²) in [4.78, 5) is 0. The number of rotatable bonds is 7. The van der Waals surface area contributed by atoms with Crippen molar-refractivity contribution in [2.45, 2.75) is 46.1 Å². The van der Waals surface area contributed by atoms with E-state index in [1.54, 1.807) is 0 Å². The summed E-state index contributed by atoms with van der Waals surface area (Å²) in [5.74, 6) is 0.937. The number of hydrogen-bond donors (Lipinski definition) is 1. The second-order valence-corrected chi connectivity index (χ2v) is 5.75. The zero-order valence-electron chi connectivity index (χ0n) is 10.1. The molecule has 0 fully saturated rings. The van der Waals surface area contributed by atoms with Gasteiger partial charge in [0.05, 0.1) is 10.7 Å². The van der Waals surface area contributed by atoms with Crippen molar-refractivity contribution in [3.8, 4) is 0 Å². The SMILES string of the molecule is CCCC(CS)(CCC)Cn1cc(Br)cn1. The summed E-state index contributed by atoms with van der Waals surface area (Å²) < 4.78 is 3.08. The molecule has 16 heavy (non-hydrogen) atoms. The van der Waals surface area contributed by atoms with Gasteiger partial charge in [0, 0.05) is 12.7 Å². The Kier molecular flexibility index (Phi) is 5.90. The van der Waals surface area contributed by atoms with Crippen LogP contribution in [-0.2, 0) is 6.54 Å². The normalized spacial score (nSPS) is 12.0. The maximum Gasteiger partial charge on any atom is 0.0632 e. The van der Waals surface area contributed by atoms with Crippen LogP contribution < -0.4 is 0 Å². The molecule has 4 heteroatoms. The van der Waals surface area contributed by atoms with Gasteiger partial charge in [-0.2, -0.15) is 17.7 Å². The summed E-state index contributed by atoms with van der Waals surface area (Å²) >= 11 is 7.99. The summed E-state index contributed by atoms with van der Waals surface area (Å²) in [7, 11) is 0. The highest BCUT2D eigenvalue weighted by Crippen LogP contribution is 2.33. The molecule has 0 aromatic carbocycles. The molecule has 2 nitrogen and oxygen atoms in total. The lowest BCUT2D eigenvalue weighted by Crippen LogP contribution is -2.29. The van der Waals surface area contributed by atoms with Crippen LogP contribution in [0.5, 0.6) is 0 Å². The first-order chi connectivity index (χ1) is 7.65. The second-order valence-electron chi connectivity index (χ2n) is 4.51. The van der Waals surface area contributed by atoms with E-state index in [0.717, 1.165) is 16.8 Å². The number of thiol groups is 1. The molecule has 0 bridgehead atoms. The monoisotopic (exact) mass is 304 g/mol. The summed E-state index contributed by atoms with van der Waals surface area (Å²) in [5.41, 5.74) is 0.304. The van der Waals surface area contributed by atoms with E-state index < -0.39 is 0 Å². The smallest absolute Gasteiger partial charge is 0.0632 e. The van der Waals surface area contributed by atoms with Crippen LogP contribution in [0.15, 0.2) is 16.9 Å². The first-order valence-corrected chi connectivity index (χ1v) is 7.37. The van der Waals surface area contributed by atoms with Crippen LogP contribution >= 0.6 is 28.6 Å². The van der Waals surface area contributed by atoms with Crippen LogP contribution in [0.2, 0.25) is 0 Å². The lowest BCUT2D eigenvalue weighted by atomic mass is 9.81. The summed E-state index contributed by atoms with van der Waals surface area (Å²) in [6, 6.07) is 0. The predicted molar refractivity (Wildman–Crippen MR) is 76.0 cm³/mol. The maximum atomic E-state index is 4.55. The molecule has 0 spiro atoms. The molecule has 0 N–H and O–H groups in total. The van der Waals surface area contributed by atoms with Gasteiger partial charge in [0.15, 0.2) is 0 Å². The highest BCUT2D eigenvalue weighted by Gasteiger charge is 2.27. The minimum atomic E-state index is 0.304. The molecule has 0 aliphatic rings. The van der Waals surface area contributed by atoms with Crippen LogP contribution in [0.1, 0.15) is 39.5 Å². The zero-order valence-corrected chi connectivity index (χ0v) is 12.6. The Morgan fingerprint density at radius 3 is 2.38 bits per heavy atom. The molecule has 0 saturated heterocycles. The molecule has 0 atom stereocenters. The number of nitrogens with zero attached hydrogens (tertiary/aromatic N) is 2. The Hall–Kier alpha value is 0.0400. The summed E-state index contributed by atoms with van der Waals surface area (Å²) in [6.07, 6.45) is 8.76. The molecule has 1 aromatic heterocycles. The lowest BCUT2D eigenvalue weighted by molar-refractivity contribution is 0.222. The Bertz CT molecular complexity index is 306. The molecule has 0 amide bonds. The van der Waals surface area contributed by atoms with Gasteiger partial charge in [0.1, 0.15) is 0 Å². The first-order valence-electron chi connectivity index (χ1n) is 5.94. The van der Waals surface area contributed by atoms with Crippen LogP contribution in [0.4, 0.5) is 0 Å². The minimum absolute atomic E-state index is 0.304. The van der Waals surface area contributed by atoms with Crippen molar-refractivity contribution in [1.82, 2.24) is 9.78 Å². The van der Waals surface area contributed by atoms with Crippen molar-refractivity contribution in [2.24, 2.45) is 5.41 Å². The van der Waals surface area contributed by atoms with E-state index in [4.69, 9.17) is 0 Å². The Morgan fingerprint density at radius 2 is 2.00 bits per heavy atom. The van der Waals surface area contributed by atoms with Gasteiger partial charge in [-0.3, -0.25) is 4.68 Å². The van der Waals surface area contributed by atoms with Gasteiger partial charge >= 0.3 is 0 Å². The van der Waals surface area contributed by atoms with Crippen LogP contribution in [0, 0.1) is 5.41 Å². The van der Waals surface area contributed by atoms with Crippen molar-refractivity contribution in [3.63, 3.8) is 0 Å². The van der Waals surface area contributed by atoms with Crippen LogP contribution in [-0.4, -0.2) is 15.5 Å². The van der Waals surface area contributed by atoms with Gasteiger partial charge in [0.2, 0.25) is 0 Å². The highest BCUT2D eigenvalue weighted by atomic mass is 79.9. The van der Waals surface area contributed by atoms with E-state index in [0.29, 0.717) is 5.41 Å². The molecule has 1 rings (SSSR count). The fourth-order valence-electron chi connectivity index (χ4n) is 2.32. The molecule has 0 radical (unpaired) electrons. The van der Waals surface area contributed by atoms with Crippen LogP contribution in [0.25, 0.3) is 0 Å². The largest absolute Gasteiger partial charge is 0.271 e. The molecule has 0 aliphatic heterocycles. The van der Waals surface area contributed by atoms with Crippen molar-refractivity contribution in [3.05, 3.63) is 16.9 Å². The van der Waals surface area contributed by atoms with Crippen LogP contribution in [0.3, 0.4) is 0 Å². The Morgan fingerprint density at radius 1 is 1.38 bits per heavy atom. The number of halogens is 1. The molecule has 0 saturated carbocycles. The zero-order chi connectivity index (χ0) is 12.0. The van der Waals surface area contributed by atoms with Gasteiger partial charge in [0.25, 0.3) is 0 Å². The lowest BCUT2D eigenvalue weighted by Gasteiger charge is -2.31. The van der Waals surface area contributed by atoms with E-state index in [1.165, 1.54) is 25.7 Å². The van der Waals surface area contributed by atoms with Gasteiger partial charge in [-0.15, -0.1) is 0 Å². The van der Waals surface area contributed by atoms with Gasteiger partial charge < -0.3 is 0 Å². The van der Waals surface area contributed by atoms with E-state index in [2.05, 4.69) is 47.5 Å². The average molecular weight is 305 g/mol. The fraction of sp³-hybridized carbons (Fsp3) is 0.750. The van der Waals surface area contributed by atoms with E-state index in [-0.39, 0.29) is 0 Å². The molecule has 1 heterocycles. The number of aromatic nitrogens is 2. The Labute approximate surface area is 112 Å². The fourth-order valence-corrected chi connectivity index (χ4v) is 3.06. The third-order valence-electron chi connectivity index (χ3n) is 3.00. The third kappa shape index (κ3) is 3.81. The van der Waals surface area contributed by atoms with Gasteiger partial charge in [-0.05, 0) is 39.9 Å². The molecule has 92 valence electrons. The van der Waals surface area contributed by atoms with Crippen molar-refractivity contribution < 1.29 is 0 Å². The third-order valence-corrected chi connectivity index (χ3v) is 4.08. The minimum Gasteiger partial charge on any atom is -0.271 e. The standard InChI is InChI=1S/C12H21BrN2S/c1-3-5-12(10-16,6-4-2)9-15-8-11(13)7-14-15/h7-8,16H,3-6,9-10H2,1-2H3. The summed E-state index contributed by atoms with van der Waals surface area (Å²) in [6.45, 7) is 5.46. The van der Waals surface area contributed by atoms with Crippen molar-refractivity contribution in [2.75, 3.05) is 5.75 Å². The first kappa shape index (κ1) is 14.1. The molecular weight excluding hydrogens is 284 g/mol. The molecule has 0 aliphatic carbocycles. The van der Waals surface area contributed by atoms with Crippen molar-refractivity contribution in [1.29, 1.82) is 0 Å².